The number of anilines is 1. The van der Waals surface area contributed by atoms with E-state index in [2.05, 4.69) is 45.1 Å². The third-order valence-electron chi connectivity index (χ3n) is 3.22. The van der Waals surface area contributed by atoms with Gasteiger partial charge in [0.15, 0.2) is 0 Å². The maximum Gasteiger partial charge on any atom is 0.255 e. The SMILES string of the molecule is [CH2]c1ccc(C(=O)Nc2ccc(C(C)(C)C)cc2)cc1. The van der Waals surface area contributed by atoms with Crippen LogP contribution in [0.3, 0.4) is 0 Å². The van der Waals surface area contributed by atoms with Gasteiger partial charge in [0.25, 0.3) is 5.91 Å². The molecule has 20 heavy (non-hydrogen) atoms. The van der Waals surface area contributed by atoms with Crippen molar-refractivity contribution in [3.05, 3.63) is 72.1 Å². The Morgan fingerprint density at radius 2 is 1.50 bits per heavy atom. The molecule has 0 saturated heterocycles. The van der Waals surface area contributed by atoms with Crippen LogP contribution in [0.25, 0.3) is 0 Å². The number of nitrogens with one attached hydrogen (secondary N) is 1. The lowest BCUT2D eigenvalue weighted by Gasteiger charge is -2.19. The molecule has 1 N–H and O–H groups in total. The van der Waals surface area contributed by atoms with Crippen LogP contribution >= 0.6 is 0 Å². The van der Waals surface area contributed by atoms with E-state index in [1.807, 2.05) is 24.3 Å². The molecule has 0 aliphatic carbocycles. The van der Waals surface area contributed by atoms with Crippen molar-refractivity contribution in [3.63, 3.8) is 0 Å². The van der Waals surface area contributed by atoms with E-state index in [1.165, 1.54) is 5.56 Å². The molecule has 0 atom stereocenters. The average Bonchev–Trinajstić information content (AvgIpc) is 2.39. The zero-order valence-corrected chi connectivity index (χ0v) is 12.2. The number of carbonyl (C=O) groups excluding carboxylic acids is 1. The summed E-state index contributed by atoms with van der Waals surface area (Å²) in [4.78, 5) is 12.1. The van der Waals surface area contributed by atoms with Crippen LogP contribution in [0.15, 0.2) is 48.5 Å². The molecule has 0 spiro atoms. The second-order valence-corrected chi connectivity index (χ2v) is 5.98. The first-order valence-electron chi connectivity index (χ1n) is 6.70. The standard InChI is InChI=1S/C18H20NO/c1-13-5-7-14(8-6-13)17(20)19-16-11-9-15(10-12-16)18(2,3)4/h5-12H,1H2,2-4H3,(H,19,20). The molecule has 0 unspecified atom stereocenters. The largest absolute Gasteiger partial charge is 0.322 e. The van der Waals surface area contributed by atoms with Crippen LogP contribution in [0.2, 0.25) is 0 Å². The summed E-state index contributed by atoms with van der Waals surface area (Å²) in [6.07, 6.45) is 0. The van der Waals surface area contributed by atoms with E-state index in [4.69, 9.17) is 0 Å². The quantitative estimate of drug-likeness (QED) is 0.856. The molecular formula is C18H20NO. The summed E-state index contributed by atoms with van der Waals surface area (Å²) in [6, 6.07) is 15.2. The smallest absolute Gasteiger partial charge is 0.255 e. The second kappa shape index (κ2) is 5.49. The number of amides is 1. The fraction of sp³-hybridized carbons (Fsp3) is 0.222. The summed E-state index contributed by atoms with van der Waals surface area (Å²) >= 11 is 0. The Morgan fingerprint density at radius 3 is 2.00 bits per heavy atom. The Bertz CT molecular complexity index is 589. The van der Waals surface area contributed by atoms with Crippen molar-refractivity contribution in [1.82, 2.24) is 0 Å². The van der Waals surface area contributed by atoms with Crippen LogP contribution in [-0.2, 0) is 5.41 Å². The summed E-state index contributed by atoms with van der Waals surface area (Å²) in [5.41, 5.74) is 3.71. The highest BCUT2D eigenvalue weighted by molar-refractivity contribution is 6.04. The highest BCUT2D eigenvalue weighted by Crippen LogP contribution is 2.23. The molecule has 2 aromatic carbocycles. The van der Waals surface area contributed by atoms with E-state index < -0.39 is 0 Å². The fourth-order valence-corrected chi connectivity index (χ4v) is 1.91. The fourth-order valence-electron chi connectivity index (χ4n) is 1.91. The Labute approximate surface area is 120 Å². The third kappa shape index (κ3) is 3.47. The van der Waals surface area contributed by atoms with Gasteiger partial charge in [0.2, 0.25) is 0 Å². The van der Waals surface area contributed by atoms with Gasteiger partial charge in [0, 0.05) is 11.3 Å². The molecule has 0 heterocycles. The summed E-state index contributed by atoms with van der Waals surface area (Å²) in [5.74, 6) is -0.103. The van der Waals surface area contributed by atoms with E-state index in [1.54, 1.807) is 12.1 Å². The summed E-state index contributed by atoms with van der Waals surface area (Å²) < 4.78 is 0. The molecule has 2 rings (SSSR count). The first-order valence-corrected chi connectivity index (χ1v) is 6.70. The van der Waals surface area contributed by atoms with E-state index in [-0.39, 0.29) is 11.3 Å². The summed E-state index contributed by atoms with van der Waals surface area (Å²) in [7, 11) is 0. The maximum atomic E-state index is 12.1. The van der Waals surface area contributed by atoms with Crippen LogP contribution < -0.4 is 5.32 Å². The highest BCUT2D eigenvalue weighted by Gasteiger charge is 2.13. The zero-order chi connectivity index (χ0) is 14.8. The van der Waals surface area contributed by atoms with Crippen molar-refractivity contribution in [1.29, 1.82) is 0 Å². The molecule has 2 aromatic rings. The number of hydrogen-bond acceptors (Lipinski definition) is 1. The van der Waals surface area contributed by atoms with Gasteiger partial charge in [-0.25, -0.2) is 0 Å². The van der Waals surface area contributed by atoms with E-state index >= 15 is 0 Å². The topological polar surface area (TPSA) is 29.1 Å². The minimum Gasteiger partial charge on any atom is -0.322 e. The average molecular weight is 266 g/mol. The Morgan fingerprint density at radius 1 is 0.950 bits per heavy atom. The molecule has 2 heteroatoms. The van der Waals surface area contributed by atoms with Crippen LogP contribution in [0, 0.1) is 6.92 Å². The molecule has 1 radical (unpaired) electrons. The van der Waals surface area contributed by atoms with Crippen molar-refractivity contribution in [2.75, 3.05) is 5.32 Å². The van der Waals surface area contributed by atoms with Gasteiger partial charge in [-0.15, -0.1) is 0 Å². The maximum absolute atomic E-state index is 12.1. The molecule has 0 saturated carbocycles. The van der Waals surface area contributed by atoms with Crippen LogP contribution in [0.4, 0.5) is 5.69 Å². The number of hydrogen-bond donors (Lipinski definition) is 1. The minimum atomic E-state index is -0.103. The first-order chi connectivity index (χ1) is 9.36. The molecule has 1 amide bonds. The Balaban J connectivity index is 2.10. The molecule has 0 bridgehead atoms. The first kappa shape index (κ1) is 14.3. The molecule has 0 fully saturated rings. The number of carbonyl (C=O) groups is 1. The second-order valence-electron chi connectivity index (χ2n) is 5.98. The number of benzene rings is 2. The Kier molecular flexibility index (Phi) is 3.93. The Hall–Kier alpha value is -2.09. The monoisotopic (exact) mass is 266 g/mol. The van der Waals surface area contributed by atoms with Gasteiger partial charge in [-0.05, 0) is 47.7 Å². The highest BCUT2D eigenvalue weighted by atomic mass is 16.1. The minimum absolute atomic E-state index is 0.103. The van der Waals surface area contributed by atoms with Crippen molar-refractivity contribution in [2.45, 2.75) is 26.2 Å². The van der Waals surface area contributed by atoms with Gasteiger partial charge in [0.1, 0.15) is 0 Å². The van der Waals surface area contributed by atoms with Crippen molar-refractivity contribution >= 4 is 11.6 Å². The summed E-state index contributed by atoms with van der Waals surface area (Å²) in [6.45, 7) is 10.3. The predicted molar refractivity (Wildman–Crippen MR) is 84.0 cm³/mol. The molecule has 2 nitrogen and oxygen atoms in total. The molecule has 0 aromatic heterocycles. The van der Waals surface area contributed by atoms with Gasteiger partial charge in [-0.3, -0.25) is 4.79 Å². The molecule has 103 valence electrons. The molecular weight excluding hydrogens is 246 g/mol. The van der Waals surface area contributed by atoms with Gasteiger partial charge in [-0.2, -0.15) is 0 Å². The summed E-state index contributed by atoms with van der Waals surface area (Å²) in [5, 5.41) is 2.90. The number of rotatable bonds is 2. The van der Waals surface area contributed by atoms with Crippen molar-refractivity contribution in [3.8, 4) is 0 Å². The van der Waals surface area contributed by atoms with Gasteiger partial charge >= 0.3 is 0 Å². The lowest BCUT2D eigenvalue weighted by Crippen LogP contribution is -2.13. The van der Waals surface area contributed by atoms with E-state index in [9.17, 15) is 4.79 Å². The zero-order valence-electron chi connectivity index (χ0n) is 12.2. The van der Waals surface area contributed by atoms with Crippen molar-refractivity contribution in [2.24, 2.45) is 0 Å². The lowest BCUT2D eigenvalue weighted by atomic mass is 9.87. The van der Waals surface area contributed by atoms with E-state index in [0.29, 0.717) is 5.56 Å². The van der Waals surface area contributed by atoms with Crippen LogP contribution in [0.5, 0.6) is 0 Å². The van der Waals surface area contributed by atoms with Crippen molar-refractivity contribution < 1.29 is 4.79 Å². The third-order valence-corrected chi connectivity index (χ3v) is 3.22. The lowest BCUT2D eigenvalue weighted by molar-refractivity contribution is 0.102. The van der Waals surface area contributed by atoms with E-state index in [0.717, 1.165) is 11.3 Å². The van der Waals surface area contributed by atoms with Gasteiger partial charge < -0.3 is 5.32 Å². The normalized spacial score (nSPS) is 11.2. The predicted octanol–water partition coefficient (Wildman–Crippen LogP) is 4.42. The molecule has 0 aliphatic rings. The van der Waals surface area contributed by atoms with Gasteiger partial charge in [-0.1, -0.05) is 45.0 Å². The van der Waals surface area contributed by atoms with Crippen LogP contribution in [-0.4, -0.2) is 5.91 Å². The van der Waals surface area contributed by atoms with Crippen LogP contribution in [0.1, 0.15) is 42.3 Å². The molecule has 0 aliphatic heterocycles. The van der Waals surface area contributed by atoms with Gasteiger partial charge in [0.05, 0.1) is 0 Å².